The summed E-state index contributed by atoms with van der Waals surface area (Å²) in [6.45, 7) is 7.95. The number of rotatable bonds is 5. The molecule has 1 aromatic carbocycles. The fraction of sp³-hybridized carbons (Fsp3) is 0.600. The zero-order valence-electron chi connectivity index (χ0n) is 11.5. The van der Waals surface area contributed by atoms with E-state index < -0.39 is 0 Å². The number of nitrogens with zero attached hydrogens (tertiary/aromatic N) is 1. The zero-order valence-corrected chi connectivity index (χ0v) is 11.5. The van der Waals surface area contributed by atoms with Gasteiger partial charge in [0.15, 0.2) is 0 Å². The van der Waals surface area contributed by atoms with Crippen LogP contribution in [-0.2, 0) is 12.8 Å². The summed E-state index contributed by atoms with van der Waals surface area (Å²) in [6, 6.07) is 6.40. The van der Waals surface area contributed by atoms with E-state index in [0.29, 0.717) is 0 Å². The summed E-state index contributed by atoms with van der Waals surface area (Å²) in [6.07, 6.45) is 2.17. The Labute approximate surface area is 110 Å². The maximum Gasteiger partial charge on any atom is 0.122 e. The molecule has 0 spiro atoms. The van der Waals surface area contributed by atoms with Crippen LogP contribution in [0.1, 0.15) is 18.1 Å². The minimum Gasteiger partial charge on any atom is -0.496 e. The van der Waals surface area contributed by atoms with Crippen LogP contribution >= 0.6 is 0 Å². The van der Waals surface area contributed by atoms with Gasteiger partial charge in [0.1, 0.15) is 5.75 Å². The minimum atomic E-state index is 1.04. The van der Waals surface area contributed by atoms with E-state index in [2.05, 4.69) is 35.3 Å². The highest BCUT2D eigenvalue weighted by molar-refractivity contribution is 5.40. The van der Waals surface area contributed by atoms with Gasteiger partial charge in [0.25, 0.3) is 0 Å². The van der Waals surface area contributed by atoms with Gasteiger partial charge in [0.05, 0.1) is 7.11 Å². The third-order valence-electron chi connectivity index (χ3n) is 3.71. The van der Waals surface area contributed by atoms with Crippen LogP contribution in [0.15, 0.2) is 18.2 Å². The average molecular weight is 248 g/mol. The largest absolute Gasteiger partial charge is 0.496 e. The molecule has 3 nitrogen and oxygen atoms in total. The van der Waals surface area contributed by atoms with Gasteiger partial charge in [0.2, 0.25) is 0 Å². The second-order valence-electron chi connectivity index (χ2n) is 4.79. The highest BCUT2D eigenvalue weighted by Gasteiger charge is 2.11. The lowest BCUT2D eigenvalue weighted by Gasteiger charge is -2.27. The van der Waals surface area contributed by atoms with Gasteiger partial charge in [-0.3, -0.25) is 0 Å². The van der Waals surface area contributed by atoms with Crippen LogP contribution in [0.2, 0.25) is 0 Å². The van der Waals surface area contributed by atoms with E-state index in [9.17, 15) is 0 Å². The fourth-order valence-corrected chi connectivity index (χ4v) is 2.65. The van der Waals surface area contributed by atoms with E-state index in [1.54, 1.807) is 7.11 Å². The molecule has 0 aromatic heterocycles. The van der Waals surface area contributed by atoms with Gasteiger partial charge < -0.3 is 15.0 Å². The standard InChI is InChI=1S/C15H24N2O/c1-3-14-13(5-4-6-15(14)18-2)7-10-17-11-8-16-9-12-17/h4-6,16H,3,7-12H2,1-2H3. The maximum atomic E-state index is 5.45. The zero-order chi connectivity index (χ0) is 12.8. The van der Waals surface area contributed by atoms with Crippen molar-refractivity contribution in [3.8, 4) is 5.75 Å². The summed E-state index contributed by atoms with van der Waals surface area (Å²) in [4.78, 5) is 2.54. The number of nitrogens with one attached hydrogen (secondary N) is 1. The molecule has 0 atom stereocenters. The van der Waals surface area contributed by atoms with Crippen molar-refractivity contribution in [2.45, 2.75) is 19.8 Å². The van der Waals surface area contributed by atoms with Crippen molar-refractivity contribution >= 4 is 0 Å². The molecular weight excluding hydrogens is 224 g/mol. The molecule has 0 aliphatic carbocycles. The van der Waals surface area contributed by atoms with Crippen LogP contribution in [0, 0.1) is 0 Å². The average Bonchev–Trinajstić information content (AvgIpc) is 2.45. The Morgan fingerprint density at radius 1 is 1.28 bits per heavy atom. The van der Waals surface area contributed by atoms with E-state index in [1.165, 1.54) is 24.2 Å². The minimum absolute atomic E-state index is 1.04. The maximum absolute atomic E-state index is 5.45. The first-order valence-corrected chi connectivity index (χ1v) is 6.93. The number of hydrogen-bond acceptors (Lipinski definition) is 3. The Kier molecular flexibility index (Phi) is 5.02. The summed E-state index contributed by atoms with van der Waals surface area (Å²) < 4.78 is 5.45. The molecule has 0 radical (unpaired) electrons. The molecule has 1 heterocycles. The van der Waals surface area contributed by atoms with Crippen LogP contribution < -0.4 is 10.1 Å². The van der Waals surface area contributed by atoms with Gasteiger partial charge >= 0.3 is 0 Å². The van der Waals surface area contributed by atoms with Crippen molar-refractivity contribution < 1.29 is 4.74 Å². The van der Waals surface area contributed by atoms with E-state index in [4.69, 9.17) is 4.74 Å². The van der Waals surface area contributed by atoms with E-state index >= 15 is 0 Å². The summed E-state index contributed by atoms with van der Waals surface area (Å²) >= 11 is 0. The molecule has 1 fully saturated rings. The molecule has 0 amide bonds. The van der Waals surface area contributed by atoms with Crippen molar-refractivity contribution in [1.82, 2.24) is 10.2 Å². The number of methoxy groups -OCH3 is 1. The van der Waals surface area contributed by atoms with Gasteiger partial charge in [-0.25, -0.2) is 0 Å². The number of hydrogen-bond donors (Lipinski definition) is 1. The number of benzene rings is 1. The molecule has 2 rings (SSSR count). The Bertz CT molecular complexity index is 373. The van der Waals surface area contributed by atoms with Crippen molar-refractivity contribution in [2.24, 2.45) is 0 Å². The SMILES string of the molecule is CCc1c(CCN2CCNCC2)cccc1OC. The van der Waals surface area contributed by atoms with Crippen LogP contribution in [0.25, 0.3) is 0 Å². The molecule has 1 aliphatic rings. The van der Waals surface area contributed by atoms with Crippen LogP contribution in [0.3, 0.4) is 0 Å². The summed E-state index contributed by atoms with van der Waals surface area (Å²) in [5.41, 5.74) is 2.81. The van der Waals surface area contributed by atoms with Gasteiger partial charge in [-0.1, -0.05) is 19.1 Å². The first-order chi connectivity index (χ1) is 8.85. The normalized spacial score (nSPS) is 16.8. The Balaban J connectivity index is 1.99. The van der Waals surface area contributed by atoms with Crippen molar-refractivity contribution in [2.75, 3.05) is 39.8 Å². The third kappa shape index (κ3) is 3.24. The summed E-state index contributed by atoms with van der Waals surface area (Å²) in [5.74, 6) is 1.04. The number of ether oxygens (including phenoxy) is 1. The first-order valence-electron chi connectivity index (χ1n) is 6.93. The molecule has 1 aliphatic heterocycles. The van der Waals surface area contributed by atoms with E-state index in [-0.39, 0.29) is 0 Å². The number of piperazine rings is 1. The topological polar surface area (TPSA) is 24.5 Å². The Morgan fingerprint density at radius 2 is 2.06 bits per heavy atom. The fourth-order valence-electron chi connectivity index (χ4n) is 2.65. The van der Waals surface area contributed by atoms with Crippen molar-refractivity contribution in [3.63, 3.8) is 0 Å². The smallest absolute Gasteiger partial charge is 0.122 e. The second-order valence-corrected chi connectivity index (χ2v) is 4.79. The molecule has 1 N–H and O–H groups in total. The van der Waals surface area contributed by atoms with Crippen molar-refractivity contribution in [1.29, 1.82) is 0 Å². The van der Waals surface area contributed by atoms with E-state index in [1.807, 2.05) is 0 Å². The molecule has 0 saturated carbocycles. The molecule has 1 aromatic rings. The second kappa shape index (κ2) is 6.76. The lowest BCUT2D eigenvalue weighted by atomic mass is 10.0. The third-order valence-corrected chi connectivity index (χ3v) is 3.71. The Morgan fingerprint density at radius 3 is 2.72 bits per heavy atom. The van der Waals surface area contributed by atoms with Gasteiger partial charge in [-0.2, -0.15) is 0 Å². The highest BCUT2D eigenvalue weighted by atomic mass is 16.5. The van der Waals surface area contributed by atoms with E-state index in [0.717, 1.165) is 38.2 Å². The summed E-state index contributed by atoms with van der Waals surface area (Å²) in [7, 11) is 1.76. The predicted molar refractivity (Wildman–Crippen MR) is 75.4 cm³/mol. The molecule has 0 bridgehead atoms. The van der Waals surface area contributed by atoms with Crippen LogP contribution in [-0.4, -0.2) is 44.7 Å². The lowest BCUT2D eigenvalue weighted by molar-refractivity contribution is 0.243. The summed E-state index contributed by atoms with van der Waals surface area (Å²) in [5, 5.41) is 3.39. The molecular formula is C15H24N2O. The predicted octanol–water partition coefficient (Wildman–Crippen LogP) is 1.71. The van der Waals surface area contributed by atoms with Gasteiger partial charge in [0, 0.05) is 32.7 Å². The molecule has 0 unspecified atom stereocenters. The van der Waals surface area contributed by atoms with Gasteiger partial charge in [-0.05, 0) is 30.0 Å². The quantitative estimate of drug-likeness (QED) is 0.858. The van der Waals surface area contributed by atoms with Crippen LogP contribution in [0.5, 0.6) is 5.75 Å². The lowest BCUT2D eigenvalue weighted by Crippen LogP contribution is -2.44. The molecule has 100 valence electrons. The van der Waals surface area contributed by atoms with Gasteiger partial charge in [-0.15, -0.1) is 0 Å². The Hall–Kier alpha value is -1.06. The molecule has 1 saturated heterocycles. The molecule has 18 heavy (non-hydrogen) atoms. The monoisotopic (exact) mass is 248 g/mol. The molecule has 3 heteroatoms. The first kappa shape index (κ1) is 13.4. The van der Waals surface area contributed by atoms with Crippen LogP contribution in [0.4, 0.5) is 0 Å². The highest BCUT2D eigenvalue weighted by Crippen LogP contribution is 2.23. The van der Waals surface area contributed by atoms with Crippen molar-refractivity contribution in [3.05, 3.63) is 29.3 Å².